The molecule has 0 bridgehead atoms. The number of nitrogens with one attached hydrogen (secondary N) is 2. The lowest BCUT2D eigenvalue weighted by Gasteiger charge is -2.40. The topological polar surface area (TPSA) is 61.4 Å². The Morgan fingerprint density at radius 3 is 2.29 bits per heavy atom. The minimum absolute atomic E-state index is 0.0238. The van der Waals surface area contributed by atoms with Gasteiger partial charge in [-0.2, -0.15) is 0 Å². The SMILES string of the molecule is CCCC(C)NC(=O)C(C)NCC1(O)CCC(C)(C)CC1. The smallest absolute Gasteiger partial charge is 0.237 e. The maximum atomic E-state index is 12.1. The minimum Gasteiger partial charge on any atom is -0.389 e. The zero-order valence-electron chi connectivity index (χ0n) is 14.5. The van der Waals surface area contributed by atoms with E-state index in [0.717, 1.165) is 38.5 Å². The van der Waals surface area contributed by atoms with Gasteiger partial charge < -0.3 is 15.7 Å². The summed E-state index contributed by atoms with van der Waals surface area (Å²) in [5.74, 6) is 0.0238. The van der Waals surface area contributed by atoms with Crippen molar-refractivity contribution in [2.24, 2.45) is 5.41 Å². The van der Waals surface area contributed by atoms with Gasteiger partial charge in [0.2, 0.25) is 5.91 Å². The van der Waals surface area contributed by atoms with Crippen LogP contribution in [0.5, 0.6) is 0 Å². The molecule has 124 valence electrons. The van der Waals surface area contributed by atoms with Crippen LogP contribution in [0, 0.1) is 5.41 Å². The molecule has 2 unspecified atom stereocenters. The van der Waals surface area contributed by atoms with E-state index in [1.807, 2.05) is 13.8 Å². The van der Waals surface area contributed by atoms with Crippen molar-refractivity contribution < 1.29 is 9.90 Å². The minimum atomic E-state index is -0.654. The predicted octanol–water partition coefficient (Wildman–Crippen LogP) is 2.60. The Bertz CT molecular complexity index is 332. The van der Waals surface area contributed by atoms with Gasteiger partial charge in [0.25, 0.3) is 0 Å². The molecule has 0 aliphatic heterocycles. The Hall–Kier alpha value is -0.610. The molecule has 4 heteroatoms. The molecule has 1 amide bonds. The van der Waals surface area contributed by atoms with Crippen molar-refractivity contribution in [1.29, 1.82) is 0 Å². The van der Waals surface area contributed by atoms with E-state index in [0.29, 0.717) is 12.0 Å². The number of hydrogen-bond acceptors (Lipinski definition) is 3. The highest BCUT2D eigenvalue weighted by Crippen LogP contribution is 2.39. The second-order valence-electron chi connectivity index (χ2n) is 7.69. The number of amides is 1. The van der Waals surface area contributed by atoms with E-state index in [1.54, 1.807) is 0 Å². The maximum absolute atomic E-state index is 12.1. The first kappa shape index (κ1) is 18.4. The van der Waals surface area contributed by atoms with Crippen LogP contribution in [0.2, 0.25) is 0 Å². The molecule has 1 fully saturated rings. The molecule has 3 N–H and O–H groups in total. The Labute approximate surface area is 130 Å². The third-order valence-electron chi connectivity index (χ3n) is 4.78. The molecule has 0 aromatic heterocycles. The van der Waals surface area contributed by atoms with Crippen LogP contribution in [0.3, 0.4) is 0 Å². The summed E-state index contributed by atoms with van der Waals surface area (Å²) in [5.41, 5.74) is -0.316. The summed E-state index contributed by atoms with van der Waals surface area (Å²) in [4.78, 5) is 12.1. The van der Waals surface area contributed by atoms with Gasteiger partial charge in [-0.15, -0.1) is 0 Å². The average molecular weight is 298 g/mol. The van der Waals surface area contributed by atoms with Crippen LogP contribution in [0.15, 0.2) is 0 Å². The molecule has 0 aromatic rings. The van der Waals surface area contributed by atoms with Gasteiger partial charge in [-0.3, -0.25) is 4.79 Å². The van der Waals surface area contributed by atoms with Gasteiger partial charge in [0.15, 0.2) is 0 Å². The highest BCUT2D eigenvalue weighted by molar-refractivity contribution is 5.81. The number of rotatable bonds is 7. The third kappa shape index (κ3) is 6.35. The molecular formula is C17H34N2O2. The van der Waals surface area contributed by atoms with Gasteiger partial charge in [0, 0.05) is 12.6 Å². The molecule has 1 aliphatic rings. The maximum Gasteiger partial charge on any atom is 0.237 e. The first-order chi connectivity index (χ1) is 9.67. The van der Waals surface area contributed by atoms with Crippen LogP contribution >= 0.6 is 0 Å². The molecule has 0 heterocycles. The zero-order valence-corrected chi connectivity index (χ0v) is 14.5. The monoisotopic (exact) mass is 298 g/mol. The fraction of sp³-hybridized carbons (Fsp3) is 0.941. The average Bonchev–Trinajstić information content (AvgIpc) is 2.40. The molecule has 2 atom stereocenters. The van der Waals surface area contributed by atoms with Gasteiger partial charge in [-0.1, -0.05) is 27.2 Å². The second-order valence-corrected chi connectivity index (χ2v) is 7.69. The summed E-state index contributed by atoms with van der Waals surface area (Å²) in [6, 6.07) is -0.0476. The van der Waals surface area contributed by atoms with Gasteiger partial charge >= 0.3 is 0 Å². The Morgan fingerprint density at radius 1 is 1.19 bits per heavy atom. The molecular weight excluding hydrogens is 264 g/mol. The molecule has 1 saturated carbocycles. The zero-order chi connectivity index (χ0) is 16.1. The molecule has 4 nitrogen and oxygen atoms in total. The summed E-state index contributed by atoms with van der Waals surface area (Å²) in [7, 11) is 0. The summed E-state index contributed by atoms with van der Waals surface area (Å²) in [6.45, 7) is 11.0. The molecule has 0 aromatic carbocycles. The lowest BCUT2D eigenvalue weighted by molar-refractivity contribution is -0.123. The Kier molecular flexibility index (Phi) is 6.67. The van der Waals surface area contributed by atoms with Crippen LogP contribution in [0.1, 0.15) is 73.1 Å². The van der Waals surface area contributed by atoms with E-state index in [2.05, 4.69) is 31.4 Å². The molecule has 0 radical (unpaired) electrons. The molecule has 0 saturated heterocycles. The summed E-state index contributed by atoms with van der Waals surface area (Å²) < 4.78 is 0. The first-order valence-electron chi connectivity index (χ1n) is 8.44. The molecule has 21 heavy (non-hydrogen) atoms. The summed E-state index contributed by atoms with van der Waals surface area (Å²) >= 11 is 0. The van der Waals surface area contributed by atoms with Crippen molar-refractivity contribution in [3.63, 3.8) is 0 Å². The largest absolute Gasteiger partial charge is 0.389 e. The fourth-order valence-electron chi connectivity index (χ4n) is 2.88. The Balaban J connectivity index is 2.35. The molecule has 1 aliphatic carbocycles. The highest BCUT2D eigenvalue weighted by Gasteiger charge is 2.36. The number of carbonyl (C=O) groups excluding carboxylic acids is 1. The van der Waals surface area contributed by atoms with Crippen LogP contribution in [-0.4, -0.2) is 35.2 Å². The van der Waals surface area contributed by atoms with Crippen LogP contribution in [-0.2, 0) is 4.79 Å². The van der Waals surface area contributed by atoms with Crippen LogP contribution < -0.4 is 10.6 Å². The van der Waals surface area contributed by atoms with Crippen molar-refractivity contribution in [1.82, 2.24) is 10.6 Å². The fourth-order valence-corrected chi connectivity index (χ4v) is 2.88. The Morgan fingerprint density at radius 2 is 1.76 bits per heavy atom. The quantitative estimate of drug-likeness (QED) is 0.677. The van der Waals surface area contributed by atoms with E-state index in [4.69, 9.17) is 0 Å². The summed E-state index contributed by atoms with van der Waals surface area (Å²) in [6.07, 6.45) is 5.77. The van der Waals surface area contributed by atoms with Crippen molar-refractivity contribution in [2.45, 2.75) is 90.8 Å². The van der Waals surface area contributed by atoms with Crippen molar-refractivity contribution >= 4 is 5.91 Å². The number of carbonyl (C=O) groups is 1. The van der Waals surface area contributed by atoms with Crippen LogP contribution in [0.4, 0.5) is 0 Å². The van der Waals surface area contributed by atoms with Crippen LogP contribution in [0.25, 0.3) is 0 Å². The van der Waals surface area contributed by atoms with Gasteiger partial charge in [-0.25, -0.2) is 0 Å². The van der Waals surface area contributed by atoms with Gasteiger partial charge in [-0.05, 0) is 51.4 Å². The van der Waals surface area contributed by atoms with Crippen molar-refractivity contribution in [3.05, 3.63) is 0 Å². The lowest BCUT2D eigenvalue weighted by Crippen LogP contribution is -2.52. The summed E-state index contributed by atoms with van der Waals surface area (Å²) in [5, 5.41) is 16.8. The van der Waals surface area contributed by atoms with Gasteiger partial charge in [0.05, 0.1) is 11.6 Å². The highest BCUT2D eigenvalue weighted by atomic mass is 16.3. The van der Waals surface area contributed by atoms with Crippen molar-refractivity contribution in [3.8, 4) is 0 Å². The van der Waals surface area contributed by atoms with Gasteiger partial charge in [0.1, 0.15) is 0 Å². The number of hydrogen-bond donors (Lipinski definition) is 3. The van der Waals surface area contributed by atoms with E-state index in [-0.39, 0.29) is 18.0 Å². The first-order valence-corrected chi connectivity index (χ1v) is 8.44. The molecule has 1 rings (SSSR count). The van der Waals surface area contributed by atoms with E-state index in [9.17, 15) is 9.90 Å². The molecule has 0 spiro atoms. The standard InChI is InChI=1S/C17H34N2O2/c1-6-7-13(2)19-15(20)14(3)18-12-17(21)10-8-16(4,5)9-11-17/h13-14,18,21H,6-12H2,1-5H3,(H,19,20). The van der Waals surface area contributed by atoms with Crippen molar-refractivity contribution in [2.75, 3.05) is 6.54 Å². The predicted molar refractivity (Wildman–Crippen MR) is 87.2 cm³/mol. The number of aliphatic hydroxyl groups is 1. The lowest BCUT2D eigenvalue weighted by atomic mass is 9.71. The van der Waals surface area contributed by atoms with E-state index in [1.165, 1.54) is 0 Å². The van der Waals surface area contributed by atoms with E-state index >= 15 is 0 Å². The normalized spacial score (nSPS) is 23.3. The second kappa shape index (κ2) is 7.59. The van der Waals surface area contributed by atoms with E-state index < -0.39 is 5.60 Å². The third-order valence-corrected chi connectivity index (χ3v) is 4.78.